The summed E-state index contributed by atoms with van der Waals surface area (Å²) in [6.45, 7) is 9.38. The van der Waals surface area contributed by atoms with Gasteiger partial charge in [0.2, 0.25) is 0 Å². The molecule has 5 nitrogen and oxygen atoms in total. The van der Waals surface area contributed by atoms with Gasteiger partial charge in [0.25, 0.3) is 0 Å². The Labute approximate surface area is 132 Å². The average molecular weight is 307 g/mol. The lowest BCUT2D eigenvalue weighted by Gasteiger charge is -2.38. The zero-order valence-electron chi connectivity index (χ0n) is 13.4. The smallest absolute Gasteiger partial charge is 0.159 e. The standard InChI is InChI=1S/C15H25N5S/c1-10-11(2)18-19-14(12(10)13(16)21)17-9-15(3)5-7-20(4)8-6-15/h5-9H2,1-4H3,(H2,16,21)(H,17,19). The van der Waals surface area contributed by atoms with Crippen LogP contribution in [0.3, 0.4) is 0 Å². The largest absolute Gasteiger partial charge is 0.389 e. The summed E-state index contributed by atoms with van der Waals surface area (Å²) in [5.41, 5.74) is 8.84. The highest BCUT2D eigenvalue weighted by Gasteiger charge is 2.29. The van der Waals surface area contributed by atoms with Gasteiger partial charge in [0.1, 0.15) is 4.99 Å². The molecule has 1 fully saturated rings. The number of likely N-dealkylation sites (tertiary alicyclic amines) is 1. The maximum Gasteiger partial charge on any atom is 0.159 e. The fourth-order valence-electron chi connectivity index (χ4n) is 2.67. The SMILES string of the molecule is Cc1nnc(NCC2(C)CCN(C)CC2)c(C(N)=S)c1C. The fourth-order valence-corrected chi connectivity index (χ4v) is 2.92. The van der Waals surface area contributed by atoms with Crippen LogP contribution in [-0.4, -0.2) is 46.8 Å². The van der Waals surface area contributed by atoms with Crippen molar-refractivity contribution in [3.05, 3.63) is 16.8 Å². The number of nitrogens with zero attached hydrogens (tertiary/aromatic N) is 3. The van der Waals surface area contributed by atoms with E-state index in [1.807, 2.05) is 13.8 Å². The van der Waals surface area contributed by atoms with Gasteiger partial charge in [0, 0.05) is 6.54 Å². The van der Waals surface area contributed by atoms with E-state index in [1.54, 1.807) is 0 Å². The Morgan fingerprint density at radius 3 is 2.52 bits per heavy atom. The lowest BCUT2D eigenvalue weighted by atomic mass is 9.80. The second-order valence-electron chi connectivity index (χ2n) is 6.47. The highest BCUT2D eigenvalue weighted by molar-refractivity contribution is 7.80. The maximum atomic E-state index is 5.86. The molecular weight excluding hydrogens is 282 g/mol. The van der Waals surface area contributed by atoms with E-state index in [0.717, 1.165) is 36.5 Å². The Morgan fingerprint density at radius 1 is 1.33 bits per heavy atom. The number of piperidine rings is 1. The maximum absolute atomic E-state index is 5.86. The summed E-state index contributed by atoms with van der Waals surface area (Å²) in [5, 5.41) is 11.9. The number of nitrogens with two attached hydrogens (primary N) is 1. The molecule has 1 aromatic heterocycles. The van der Waals surface area contributed by atoms with Crippen LogP contribution in [0.25, 0.3) is 0 Å². The van der Waals surface area contributed by atoms with Crippen molar-refractivity contribution in [2.75, 3.05) is 32.0 Å². The Bertz CT molecular complexity index is 535. The van der Waals surface area contributed by atoms with Crippen molar-refractivity contribution < 1.29 is 0 Å². The van der Waals surface area contributed by atoms with E-state index in [-0.39, 0.29) is 5.41 Å². The van der Waals surface area contributed by atoms with Crippen LogP contribution in [0, 0.1) is 19.3 Å². The Balaban J connectivity index is 2.13. The number of nitrogens with one attached hydrogen (secondary N) is 1. The van der Waals surface area contributed by atoms with Crippen LogP contribution < -0.4 is 11.1 Å². The number of aromatic nitrogens is 2. The monoisotopic (exact) mass is 307 g/mol. The average Bonchev–Trinajstić information content (AvgIpc) is 2.43. The van der Waals surface area contributed by atoms with Gasteiger partial charge in [-0.25, -0.2) is 0 Å². The molecule has 0 atom stereocenters. The van der Waals surface area contributed by atoms with Crippen LogP contribution >= 0.6 is 12.2 Å². The van der Waals surface area contributed by atoms with Crippen LogP contribution in [0.15, 0.2) is 0 Å². The van der Waals surface area contributed by atoms with Crippen molar-refractivity contribution >= 4 is 23.0 Å². The molecule has 1 aromatic rings. The van der Waals surface area contributed by atoms with Crippen molar-refractivity contribution in [1.29, 1.82) is 0 Å². The fraction of sp³-hybridized carbons (Fsp3) is 0.667. The molecule has 21 heavy (non-hydrogen) atoms. The molecule has 1 saturated heterocycles. The highest BCUT2D eigenvalue weighted by Crippen LogP contribution is 2.31. The third-order valence-electron chi connectivity index (χ3n) is 4.58. The molecule has 0 aromatic carbocycles. The van der Waals surface area contributed by atoms with E-state index in [1.165, 1.54) is 12.8 Å². The molecule has 3 N–H and O–H groups in total. The van der Waals surface area contributed by atoms with Crippen LogP contribution in [-0.2, 0) is 0 Å². The molecule has 0 radical (unpaired) electrons. The zero-order chi connectivity index (χ0) is 15.6. The van der Waals surface area contributed by atoms with E-state index in [0.29, 0.717) is 10.8 Å². The molecule has 0 aliphatic carbocycles. The minimum Gasteiger partial charge on any atom is -0.389 e. The van der Waals surface area contributed by atoms with Gasteiger partial charge in [-0.3, -0.25) is 0 Å². The van der Waals surface area contributed by atoms with E-state index >= 15 is 0 Å². The molecule has 0 amide bonds. The van der Waals surface area contributed by atoms with Gasteiger partial charge in [-0.15, -0.1) is 5.10 Å². The molecule has 0 spiro atoms. The number of thiocarbonyl (C=S) groups is 1. The minimum atomic E-state index is 0.278. The van der Waals surface area contributed by atoms with Gasteiger partial charge in [0.15, 0.2) is 5.82 Å². The number of aryl methyl sites for hydroxylation is 1. The summed E-state index contributed by atoms with van der Waals surface area (Å²) in [5.74, 6) is 0.714. The highest BCUT2D eigenvalue weighted by atomic mass is 32.1. The van der Waals surface area contributed by atoms with Crippen LogP contribution in [0.2, 0.25) is 0 Å². The Kier molecular flexibility index (Phi) is 4.78. The van der Waals surface area contributed by atoms with Gasteiger partial charge in [-0.1, -0.05) is 19.1 Å². The summed E-state index contributed by atoms with van der Waals surface area (Å²) < 4.78 is 0. The summed E-state index contributed by atoms with van der Waals surface area (Å²) in [7, 11) is 2.17. The number of rotatable bonds is 4. The van der Waals surface area contributed by atoms with E-state index in [9.17, 15) is 0 Å². The number of anilines is 1. The van der Waals surface area contributed by atoms with Crippen molar-refractivity contribution in [2.45, 2.75) is 33.6 Å². The Hall–Kier alpha value is -1.27. The van der Waals surface area contributed by atoms with Gasteiger partial charge in [0.05, 0.1) is 11.3 Å². The summed E-state index contributed by atoms with van der Waals surface area (Å²) >= 11 is 5.17. The number of hydrogen-bond donors (Lipinski definition) is 2. The third kappa shape index (κ3) is 3.68. The van der Waals surface area contributed by atoms with Crippen molar-refractivity contribution in [2.24, 2.45) is 11.1 Å². The van der Waals surface area contributed by atoms with Gasteiger partial charge in [-0.2, -0.15) is 5.10 Å². The molecule has 0 bridgehead atoms. The topological polar surface area (TPSA) is 67.1 Å². The van der Waals surface area contributed by atoms with Gasteiger partial charge >= 0.3 is 0 Å². The van der Waals surface area contributed by atoms with Crippen LogP contribution in [0.4, 0.5) is 5.82 Å². The predicted octanol–water partition coefficient (Wildman–Crippen LogP) is 1.87. The molecule has 2 heterocycles. The molecule has 6 heteroatoms. The molecule has 2 rings (SSSR count). The second-order valence-corrected chi connectivity index (χ2v) is 6.91. The first-order valence-electron chi connectivity index (χ1n) is 7.38. The lowest BCUT2D eigenvalue weighted by Crippen LogP contribution is -2.40. The first-order valence-corrected chi connectivity index (χ1v) is 7.79. The second kappa shape index (κ2) is 6.23. The zero-order valence-corrected chi connectivity index (χ0v) is 14.2. The first kappa shape index (κ1) is 16.1. The van der Waals surface area contributed by atoms with Crippen molar-refractivity contribution in [1.82, 2.24) is 15.1 Å². The number of hydrogen-bond acceptors (Lipinski definition) is 5. The summed E-state index contributed by atoms with van der Waals surface area (Å²) in [6.07, 6.45) is 2.36. The van der Waals surface area contributed by atoms with Gasteiger partial charge < -0.3 is 16.0 Å². The molecule has 1 aliphatic heterocycles. The van der Waals surface area contributed by atoms with Crippen molar-refractivity contribution in [3.63, 3.8) is 0 Å². The molecule has 0 unspecified atom stereocenters. The third-order valence-corrected chi connectivity index (χ3v) is 4.78. The normalized spacial score (nSPS) is 18.5. The predicted molar refractivity (Wildman–Crippen MR) is 90.7 cm³/mol. The molecule has 1 aliphatic rings. The van der Waals surface area contributed by atoms with E-state index in [4.69, 9.17) is 18.0 Å². The van der Waals surface area contributed by atoms with Crippen molar-refractivity contribution in [3.8, 4) is 0 Å². The van der Waals surface area contributed by atoms with Crippen LogP contribution in [0.5, 0.6) is 0 Å². The first-order chi connectivity index (χ1) is 9.82. The van der Waals surface area contributed by atoms with E-state index in [2.05, 4.69) is 34.4 Å². The summed E-state index contributed by atoms with van der Waals surface area (Å²) in [4.78, 5) is 2.75. The quantitative estimate of drug-likeness (QED) is 0.828. The van der Waals surface area contributed by atoms with Crippen LogP contribution in [0.1, 0.15) is 36.6 Å². The summed E-state index contributed by atoms with van der Waals surface area (Å²) in [6, 6.07) is 0. The minimum absolute atomic E-state index is 0.278. The molecule has 116 valence electrons. The molecule has 0 saturated carbocycles. The van der Waals surface area contributed by atoms with E-state index < -0.39 is 0 Å². The molecular formula is C15H25N5S. The Morgan fingerprint density at radius 2 is 1.95 bits per heavy atom. The lowest BCUT2D eigenvalue weighted by molar-refractivity contribution is 0.150. The van der Waals surface area contributed by atoms with Gasteiger partial charge in [-0.05, 0) is 57.8 Å².